The third-order valence-corrected chi connectivity index (χ3v) is 5.77. The molecule has 1 aromatic carbocycles. The lowest BCUT2D eigenvalue weighted by molar-refractivity contribution is -0.139. The lowest BCUT2D eigenvalue weighted by Gasteiger charge is -2.36. The van der Waals surface area contributed by atoms with Gasteiger partial charge < -0.3 is 15.2 Å². The number of aromatic amines is 1. The van der Waals surface area contributed by atoms with Gasteiger partial charge in [-0.05, 0) is 32.0 Å². The van der Waals surface area contributed by atoms with E-state index in [1.54, 1.807) is 0 Å². The van der Waals surface area contributed by atoms with Gasteiger partial charge in [-0.25, -0.2) is 4.79 Å². The number of amides is 2. The van der Waals surface area contributed by atoms with Crippen LogP contribution in [0, 0.1) is 0 Å². The summed E-state index contributed by atoms with van der Waals surface area (Å²) in [6.45, 7) is 2.60. The molecule has 1 atom stereocenters. The normalized spacial score (nSPS) is 22.2. The molecule has 8 heteroatoms. The van der Waals surface area contributed by atoms with Gasteiger partial charge in [-0.1, -0.05) is 12.1 Å². The van der Waals surface area contributed by atoms with Crippen LogP contribution in [0.5, 0.6) is 0 Å². The number of carbonyl (C=O) groups is 2. The van der Waals surface area contributed by atoms with Crippen molar-refractivity contribution in [2.75, 3.05) is 33.2 Å². The zero-order valence-electron chi connectivity index (χ0n) is 15.5. The van der Waals surface area contributed by atoms with Crippen molar-refractivity contribution in [2.24, 2.45) is 0 Å². The first-order valence-corrected chi connectivity index (χ1v) is 9.49. The molecule has 2 fully saturated rings. The summed E-state index contributed by atoms with van der Waals surface area (Å²) < 4.78 is 1.82. The highest BCUT2D eigenvalue weighted by molar-refractivity contribution is 5.88. The van der Waals surface area contributed by atoms with Gasteiger partial charge in [0.05, 0.1) is 23.5 Å². The maximum Gasteiger partial charge on any atom is 0.326 e. The third-order valence-electron chi connectivity index (χ3n) is 5.77. The molecule has 0 unspecified atom stereocenters. The average molecular weight is 371 g/mol. The van der Waals surface area contributed by atoms with Crippen molar-refractivity contribution in [3.8, 4) is 0 Å². The fourth-order valence-corrected chi connectivity index (χ4v) is 4.18. The summed E-state index contributed by atoms with van der Waals surface area (Å²) in [6, 6.07) is 7.37. The molecule has 8 nitrogen and oxygen atoms in total. The summed E-state index contributed by atoms with van der Waals surface area (Å²) in [5.41, 5.74) is 1.65. The van der Waals surface area contributed by atoms with Gasteiger partial charge in [0.15, 0.2) is 0 Å². The first kappa shape index (κ1) is 17.8. The van der Waals surface area contributed by atoms with Crippen LogP contribution in [0.3, 0.4) is 0 Å². The molecule has 2 saturated heterocycles. The molecule has 1 aromatic heterocycles. The minimum absolute atomic E-state index is 0.00798. The number of likely N-dealkylation sites (N-methyl/N-ethyl adjacent to an activating group) is 1. The van der Waals surface area contributed by atoms with E-state index < -0.39 is 0 Å². The topological polar surface area (TPSA) is 90.4 Å². The predicted octanol–water partition coefficient (Wildman–Crippen LogP) is 0.313. The molecule has 2 aromatic rings. The van der Waals surface area contributed by atoms with Gasteiger partial charge in [0.2, 0.25) is 11.8 Å². The van der Waals surface area contributed by atoms with Crippen LogP contribution < -0.4 is 11.0 Å². The lowest BCUT2D eigenvalue weighted by Crippen LogP contribution is -2.55. The van der Waals surface area contributed by atoms with Crippen LogP contribution in [0.1, 0.15) is 25.3 Å². The Hall–Kier alpha value is -2.61. The summed E-state index contributed by atoms with van der Waals surface area (Å²) in [6.07, 6.45) is 1.68. The standard InChI is InChI=1S/C19H25N5O3/c1-22-11-8-20-18(26)16(22)12-17(25)23-9-6-13(7-10-23)24-15-5-3-2-4-14(15)21-19(24)27/h2-5,13,16H,6-12H2,1H3,(H,20,26)(H,21,27)/t16-/m0/s1. The van der Waals surface area contributed by atoms with Gasteiger partial charge in [0, 0.05) is 32.2 Å². The Morgan fingerprint density at radius 3 is 2.63 bits per heavy atom. The second-order valence-corrected chi connectivity index (χ2v) is 7.42. The zero-order valence-corrected chi connectivity index (χ0v) is 15.5. The molecular formula is C19H25N5O3. The summed E-state index contributed by atoms with van der Waals surface area (Å²) >= 11 is 0. The van der Waals surface area contributed by atoms with Crippen molar-refractivity contribution in [3.63, 3.8) is 0 Å². The third kappa shape index (κ3) is 3.37. The van der Waals surface area contributed by atoms with E-state index in [1.807, 2.05) is 45.7 Å². The van der Waals surface area contributed by atoms with Gasteiger partial charge in [-0.2, -0.15) is 0 Å². The van der Waals surface area contributed by atoms with E-state index in [0.29, 0.717) is 19.6 Å². The first-order chi connectivity index (χ1) is 13.0. The number of rotatable bonds is 3. The predicted molar refractivity (Wildman–Crippen MR) is 101 cm³/mol. The Morgan fingerprint density at radius 2 is 1.89 bits per heavy atom. The molecule has 27 heavy (non-hydrogen) atoms. The highest BCUT2D eigenvalue weighted by Crippen LogP contribution is 2.25. The molecule has 0 radical (unpaired) electrons. The maximum atomic E-state index is 12.7. The number of fused-ring (bicyclic) bond motifs is 1. The van der Waals surface area contributed by atoms with Gasteiger partial charge in [0.25, 0.3) is 0 Å². The van der Waals surface area contributed by atoms with Gasteiger partial charge >= 0.3 is 5.69 Å². The van der Waals surface area contributed by atoms with Crippen molar-refractivity contribution < 1.29 is 9.59 Å². The van der Waals surface area contributed by atoms with E-state index in [1.165, 1.54) is 0 Å². The lowest BCUT2D eigenvalue weighted by atomic mass is 10.0. The number of piperazine rings is 1. The molecular weight excluding hydrogens is 346 g/mol. The number of hydrogen-bond acceptors (Lipinski definition) is 4. The zero-order chi connectivity index (χ0) is 19.0. The number of H-pyrrole nitrogens is 1. The van der Waals surface area contributed by atoms with Crippen LogP contribution in [-0.4, -0.2) is 70.4 Å². The highest BCUT2D eigenvalue weighted by Gasteiger charge is 2.32. The van der Waals surface area contributed by atoms with E-state index >= 15 is 0 Å². The Labute approximate surface area is 157 Å². The van der Waals surface area contributed by atoms with Gasteiger partial charge in [0.1, 0.15) is 0 Å². The monoisotopic (exact) mass is 371 g/mol. The van der Waals surface area contributed by atoms with Crippen LogP contribution >= 0.6 is 0 Å². The average Bonchev–Trinajstić information content (AvgIpc) is 3.00. The van der Waals surface area contributed by atoms with E-state index in [-0.39, 0.29) is 36.0 Å². The number of imidazole rings is 1. The highest BCUT2D eigenvalue weighted by atomic mass is 16.2. The number of carbonyl (C=O) groups excluding carboxylic acids is 2. The summed E-state index contributed by atoms with van der Waals surface area (Å²) in [5.74, 6) is -0.0639. The van der Waals surface area contributed by atoms with E-state index in [9.17, 15) is 14.4 Å². The quantitative estimate of drug-likeness (QED) is 0.813. The van der Waals surface area contributed by atoms with E-state index in [2.05, 4.69) is 10.3 Å². The van der Waals surface area contributed by atoms with Crippen LogP contribution in [0.15, 0.2) is 29.1 Å². The Balaban J connectivity index is 1.41. The first-order valence-electron chi connectivity index (χ1n) is 9.49. The molecule has 3 heterocycles. The molecule has 144 valence electrons. The Kier molecular flexibility index (Phi) is 4.73. The van der Waals surface area contributed by atoms with Crippen LogP contribution in [0.2, 0.25) is 0 Å². The molecule has 0 bridgehead atoms. The second-order valence-electron chi connectivity index (χ2n) is 7.42. The smallest absolute Gasteiger partial charge is 0.326 e. The van der Waals surface area contributed by atoms with E-state index in [0.717, 1.165) is 30.4 Å². The molecule has 0 spiro atoms. The van der Waals surface area contributed by atoms with Crippen molar-refractivity contribution in [1.29, 1.82) is 0 Å². The summed E-state index contributed by atoms with van der Waals surface area (Å²) in [4.78, 5) is 43.7. The fourth-order valence-electron chi connectivity index (χ4n) is 4.18. The van der Waals surface area contributed by atoms with Crippen LogP contribution in [0.25, 0.3) is 11.0 Å². The second kappa shape index (κ2) is 7.19. The minimum Gasteiger partial charge on any atom is -0.353 e. The molecule has 2 aliphatic rings. The number of piperidine rings is 1. The molecule has 2 aliphatic heterocycles. The fraction of sp³-hybridized carbons (Fsp3) is 0.526. The van der Waals surface area contributed by atoms with Gasteiger partial charge in [-0.15, -0.1) is 0 Å². The number of likely N-dealkylation sites (tertiary alicyclic amines) is 1. The molecule has 4 rings (SSSR count). The number of nitrogens with one attached hydrogen (secondary N) is 2. The molecule has 0 aliphatic carbocycles. The van der Waals surface area contributed by atoms with Crippen molar-refractivity contribution >= 4 is 22.8 Å². The van der Waals surface area contributed by atoms with E-state index in [4.69, 9.17) is 0 Å². The summed E-state index contributed by atoms with van der Waals surface area (Å²) in [7, 11) is 1.88. The number of nitrogens with zero attached hydrogens (tertiary/aromatic N) is 3. The maximum absolute atomic E-state index is 12.7. The van der Waals surface area contributed by atoms with Crippen molar-refractivity contribution in [1.82, 2.24) is 24.7 Å². The van der Waals surface area contributed by atoms with Gasteiger partial charge in [-0.3, -0.25) is 19.1 Å². The Morgan fingerprint density at radius 1 is 1.15 bits per heavy atom. The summed E-state index contributed by atoms with van der Waals surface area (Å²) in [5, 5.41) is 2.83. The number of hydrogen-bond donors (Lipinski definition) is 2. The Bertz CT molecular complexity index is 909. The number of aromatic nitrogens is 2. The molecule has 2 amide bonds. The van der Waals surface area contributed by atoms with Crippen LogP contribution in [-0.2, 0) is 9.59 Å². The van der Waals surface area contributed by atoms with Crippen molar-refractivity contribution in [2.45, 2.75) is 31.3 Å². The van der Waals surface area contributed by atoms with Crippen LogP contribution in [0.4, 0.5) is 0 Å². The minimum atomic E-state index is -0.389. The number of benzene rings is 1. The van der Waals surface area contributed by atoms with Crippen molar-refractivity contribution in [3.05, 3.63) is 34.7 Å². The SMILES string of the molecule is CN1CCNC(=O)[C@@H]1CC(=O)N1CCC(n2c(=O)[nH]c3ccccc32)CC1. The number of para-hydroxylation sites is 2. The largest absolute Gasteiger partial charge is 0.353 e. The molecule has 0 saturated carbocycles. The molecule has 2 N–H and O–H groups in total.